The average molecular weight is 318 g/mol. The van der Waals surface area contributed by atoms with E-state index in [4.69, 9.17) is 14.2 Å². The molecule has 1 fully saturated rings. The molecule has 0 N–H and O–H groups in total. The van der Waals surface area contributed by atoms with Crippen molar-refractivity contribution in [2.45, 2.75) is 51.9 Å². The molecule has 2 rings (SSSR count). The molecule has 1 saturated heterocycles. The third-order valence-corrected chi connectivity index (χ3v) is 3.75. The molecule has 1 aromatic carbocycles. The van der Waals surface area contributed by atoms with Crippen molar-refractivity contribution >= 4 is 12.0 Å². The van der Waals surface area contributed by atoms with Crippen LogP contribution in [-0.2, 0) is 19.0 Å². The minimum absolute atomic E-state index is 0.186. The Bertz CT molecular complexity index is 509. The molecule has 0 bridgehead atoms. The number of rotatable bonds is 8. The van der Waals surface area contributed by atoms with Crippen LogP contribution in [0.1, 0.15) is 45.1 Å². The molecule has 1 heterocycles. The molecule has 0 amide bonds. The Hall–Kier alpha value is -1.65. The van der Waals surface area contributed by atoms with E-state index in [0.29, 0.717) is 6.61 Å². The van der Waals surface area contributed by atoms with Crippen molar-refractivity contribution in [2.75, 3.05) is 13.2 Å². The minimum Gasteiger partial charge on any atom is -0.463 e. The lowest BCUT2D eigenvalue weighted by atomic mass is 10.0. The molecular weight excluding hydrogens is 292 g/mol. The molecule has 23 heavy (non-hydrogen) atoms. The van der Waals surface area contributed by atoms with Gasteiger partial charge in [-0.1, -0.05) is 56.2 Å². The highest BCUT2D eigenvalue weighted by molar-refractivity contribution is 5.65. The first-order valence-corrected chi connectivity index (χ1v) is 8.35. The predicted octanol–water partition coefficient (Wildman–Crippen LogP) is 3.95. The standard InChI is InChI=1S/C19H26O4/c1-3-4-6-11-17(12-16-9-7-5-8-10-16)19-22-14-18(23-19)13-21-15(2)20/h5,7-10,12,18-19H,3-4,6,11,13-14H2,1-2H3. The number of esters is 1. The van der Waals surface area contributed by atoms with E-state index in [-0.39, 0.29) is 25.0 Å². The molecule has 0 aliphatic carbocycles. The predicted molar refractivity (Wildman–Crippen MR) is 89.8 cm³/mol. The summed E-state index contributed by atoms with van der Waals surface area (Å²) >= 11 is 0. The Kier molecular flexibility index (Phi) is 7.30. The quantitative estimate of drug-likeness (QED) is 0.538. The van der Waals surface area contributed by atoms with Gasteiger partial charge < -0.3 is 14.2 Å². The zero-order valence-corrected chi connectivity index (χ0v) is 14.0. The fraction of sp³-hybridized carbons (Fsp3) is 0.526. The lowest BCUT2D eigenvalue weighted by Crippen LogP contribution is -2.21. The van der Waals surface area contributed by atoms with Gasteiger partial charge in [0.1, 0.15) is 12.7 Å². The molecule has 0 saturated carbocycles. The molecule has 0 aromatic heterocycles. The van der Waals surface area contributed by atoms with Crippen LogP contribution in [-0.4, -0.2) is 31.6 Å². The van der Waals surface area contributed by atoms with E-state index in [1.807, 2.05) is 18.2 Å². The Morgan fingerprint density at radius 1 is 1.30 bits per heavy atom. The molecule has 2 unspecified atom stereocenters. The van der Waals surface area contributed by atoms with Crippen molar-refractivity contribution < 1.29 is 19.0 Å². The average Bonchev–Trinajstić information content (AvgIpc) is 3.02. The summed E-state index contributed by atoms with van der Waals surface area (Å²) in [6.07, 6.45) is 6.06. The fourth-order valence-electron chi connectivity index (χ4n) is 2.54. The van der Waals surface area contributed by atoms with Crippen molar-refractivity contribution in [3.8, 4) is 0 Å². The van der Waals surface area contributed by atoms with E-state index >= 15 is 0 Å². The van der Waals surface area contributed by atoms with Crippen LogP contribution >= 0.6 is 0 Å². The van der Waals surface area contributed by atoms with Crippen molar-refractivity contribution in [2.24, 2.45) is 0 Å². The number of ether oxygens (including phenoxy) is 3. The van der Waals surface area contributed by atoms with E-state index in [9.17, 15) is 4.79 Å². The van der Waals surface area contributed by atoms with E-state index in [0.717, 1.165) is 24.0 Å². The van der Waals surface area contributed by atoms with Gasteiger partial charge in [-0.15, -0.1) is 0 Å². The second-order valence-corrected chi connectivity index (χ2v) is 5.81. The highest BCUT2D eigenvalue weighted by Crippen LogP contribution is 2.25. The first-order valence-electron chi connectivity index (χ1n) is 8.35. The first kappa shape index (κ1) is 17.7. The van der Waals surface area contributed by atoms with Gasteiger partial charge in [-0.25, -0.2) is 0 Å². The van der Waals surface area contributed by atoms with E-state index in [1.54, 1.807) is 0 Å². The summed E-state index contributed by atoms with van der Waals surface area (Å²) in [6.45, 7) is 4.30. The summed E-state index contributed by atoms with van der Waals surface area (Å²) in [5.74, 6) is -0.292. The first-order chi connectivity index (χ1) is 11.2. The SMILES string of the molecule is CCCCCC(=Cc1ccccc1)C1OCC(COC(C)=O)O1. The molecule has 126 valence electrons. The van der Waals surface area contributed by atoms with Crippen LogP contribution in [0.4, 0.5) is 0 Å². The third kappa shape index (κ3) is 6.16. The minimum atomic E-state index is -0.340. The Morgan fingerprint density at radius 3 is 2.78 bits per heavy atom. The van der Waals surface area contributed by atoms with Gasteiger partial charge in [-0.3, -0.25) is 4.79 Å². The maximum absolute atomic E-state index is 10.9. The van der Waals surface area contributed by atoms with Gasteiger partial charge in [-0.2, -0.15) is 0 Å². The maximum atomic E-state index is 10.9. The van der Waals surface area contributed by atoms with Crippen LogP contribution in [0.2, 0.25) is 0 Å². The smallest absolute Gasteiger partial charge is 0.302 e. The summed E-state index contributed by atoms with van der Waals surface area (Å²) < 4.78 is 16.7. The number of unbranched alkanes of at least 4 members (excludes halogenated alkanes) is 2. The summed E-state index contributed by atoms with van der Waals surface area (Å²) in [7, 11) is 0. The second kappa shape index (κ2) is 9.48. The number of hydrogen-bond acceptors (Lipinski definition) is 4. The number of benzene rings is 1. The second-order valence-electron chi connectivity index (χ2n) is 5.81. The largest absolute Gasteiger partial charge is 0.463 e. The van der Waals surface area contributed by atoms with Crippen molar-refractivity contribution in [3.05, 3.63) is 41.5 Å². The van der Waals surface area contributed by atoms with Crippen LogP contribution in [0.15, 0.2) is 35.9 Å². The van der Waals surface area contributed by atoms with Gasteiger partial charge in [-0.05, 0) is 24.0 Å². The van der Waals surface area contributed by atoms with Crippen molar-refractivity contribution in [1.82, 2.24) is 0 Å². The van der Waals surface area contributed by atoms with Gasteiger partial charge in [0.2, 0.25) is 0 Å². The lowest BCUT2D eigenvalue weighted by molar-refractivity contribution is -0.144. The summed E-state index contributed by atoms with van der Waals surface area (Å²) in [5, 5.41) is 0. The van der Waals surface area contributed by atoms with Crippen LogP contribution < -0.4 is 0 Å². The molecule has 1 aliphatic heterocycles. The molecule has 0 spiro atoms. The maximum Gasteiger partial charge on any atom is 0.302 e. The van der Waals surface area contributed by atoms with Gasteiger partial charge in [0.15, 0.2) is 6.29 Å². The summed E-state index contributed by atoms with van der Waals surface area (Å²) in [6, 6.07) is 10.2. The van der Waals surface area contributed by atoms with Gasteiger partial charge >= 0.3 is 5.97 Å². The topological polar surface area (TPSA) is 44.8 Å². The van der Waals surface area contributed by atoms with Crippen LogP contribution in [0.3, 0.4) is 0 Å². The number of carbonyl (C=O) groups excluding carboxylic acids is 1. The molecule has 1 aliphatic rings. The monoisotopic (exact) mass is 318 g/mol. The molecule has 2 atom stereocenters. The van der Waals surface area contributed by atoms with Crippen LogP contribution in [0.5, 0.6) is 0 Å². The van der Waals surface area contributed by atoms with E-state index in [1.165, 1.54) is 19.8 Å². The van der Waals surface area contributed by atoms with Crippen LogP contribution in [0.25, 0.3) is 6.08 Å². The molecule has 0 radical (unpaired) electrons. The Balaban J connectivity index is 1.99. The summed E-state index contributed by atoms with van der Waals surface area (Å²) in [4.78, 5) is 10.9. The van der Waals surface area contributed by atoms with Crippen molar-refractivity contribution in [3.63, 3.8) is 0 Å². The fourth-order valence-corrected chi connectivity index (χ4v) is 2.54. The number of hydrogen-bond donors (Lipinski definition) is 0. The van der Waals surface area contributed by atoms with Gasteiger partial charge in [0.05, 0.1) is 6.61 Å². The molecule has 4 heteroatoms. The third-order valence-electron chi connectivity index (χ3n) is 3.75. The molecular formula is C19H26O4. The van der Waals surface area contributed by atoms with Crippen LogP contribution in [0, 0.1) is 0 Å². The van der Waals surface area contributed by atoms with Crippen molar-refractivity contribution in [1.29, 1.82) is 0 Å². The Labute approximate surface area is 138 Å². The van der Waals surface area contributed by atoms with Gasteiger partial charge in [0, 0.05) is 6.92 Å². The Morgan fingerprint density at radius 2 is 2.09 bits per heavy atom. The molecule has 4 nitrogen and oxygen atoms in total. The number of carbonyl (C=O) groups is 1. The van der Waals surface area contributed by atoms with E-state index < -0.39 is 0 Å². The normalized spacial score (nSPS) is 21.4. The van der Waals surface area contributed by atoms with E-state index in [2.05, 4.69) is 25.1 Å². The summed E-state index contributed by atoms with van der Waals surface area (Å²) in [5.41, 5.74) is 2.30. The highest BCUT2D eigenvalue weighted by Gasteiger charge is 2.29. The highest BCUT2D eigenvalue weighted by atomic mass is 16.7. The molecule has 1 aromatic rings. The van der Waals surface area contributed by atoms with Gasteiger partial charge in [0.25, 0.3) is 0 Å². The zero-order chi connectivity index (χ0) is 16.5. The zero-order valence-electron chi connectivity index (χ0n) is 14.0. The lowest BCUT2D eigenvalue weighted by Gasteiger charge is -2.16.